The first-order valence-corrected chi connectivity index (χ1v) is 5.50. The molecule has 0 aliphatic heterocycles. The lowest BCUT2D eigenvalue weighted by atomic mass is 9.76. The van der Waals surface area contributed by atoms with Gasteiger partial charge in [-0.25, -0.2) is 0 Å². The zero-order chi connectivity index (χ0) is 9.26. The second kappa shape index (κ2) is 3.69. The number of carbonyl (C=O) groups is 1. The lowest BCUT2D eigenvalue weighted by molar-refractivity contribution is -0.145. The first kappa shape index (κ1) is 9.04. The minimum atomic E-state index is -0.551. The smallest absolute Gasteiger partial charge is 0.306 e. The van der Waals surface area contributed by atoms with E-state index >= 15 is 0 Å². The van der Waals surface area contributed by atoms with E-state index in [1.54, 1.807) is 0 Å². The van der Waals surface area contributed by atoms with Gasteiger partial charge in [0.2, 0.25) is 0 Å². The van der Waals surface area contributed by atoms with Crippen molar-refractivity contribution < 1.29 is 9.90 Å². The standard InChI is InChI=1S/C11H18O2/c12-11(13)10-4-2-1-3-9(10)7-8-5-6-8/h8-10H,1-7H2,(H,12,13). The molecule has 0 aromatic carbocycles. The molecule has 74 valence electrons. The fraction of sp³-hybridized carbons (Fsp3) is 0.909. The number of carboxylic acid groups (broad SMARTS) is 1. The summed E-state index contributed by atoms with van der Waals surface area (Å²) in [5, 5.41) is 9.04. The van der Waals surface area contributed by atoms with Crippen LogP contribution in [0.4, 0.5) is 0 Å². The SMILES string of the molecule is O=C(O)C1CCCCC1CC1CC1. The maximum absolute atomic E-state index is 11.0. The third-order valence-corrected chi connectivity index (χ3v) is 3.56. The van der Waals surface area contributed by atoms with Gasteiger partial charge in [0.15, 0.2) is 0 Å². The van der Waals surface area contributed by atoms with Gasteiger partial charge in [-0.3, -0.25) is 4.79 Å². The van der Waals surface area contributed by atoms with E-state index in [0.29, 0.717) is 5.92 Å². The summed E-state index contributed by atoms with van der Waals surface area (Å²) in [5.74, 6) is 0.809. The summed E-state index contributed by atoms with van der Waals surface area (Å²) in [6, 6.07) is 0. The van der Waals surface area contributed by atoms with Crippen LogP contribution in [-0.2, 0) is 4.79 Å². The van der Waals surface area contributed by atoms with Crippen molar-refractivity contribution in [3.8, 4) is 0 Å². The molecule has 0 heterocycles. The van der Waals surface area contributed by atoms with Crippen molar-refractivity contribution in [1.82, 2.24) is 0 Å². The molecule has 2 atom stereocenters. The second-order valence-corrected chi connectivity index (χ2v) is 4.67. The van der Waals surface area contributed by atoms with Crippen molar-refractivity contribution in [1.29, 1.82) is 0 Å². The van der Waals surface area contributed by atoms with E-state index in [2.05, 4.69) is 0 Å². The van der Waals surface area contributed by atoms with E-state index in [1.807, 2.05) is 0 Å². The molecule has 0 spiro atoms. The van der Waals surface area contributed by atoms with Crippen LogP contribution in [-0.4, -0.2) is 11.1 Å². The van der Waals surface area contributed by atoms with Crippen LogP contribution in [0.3, 0.4) is 0 Å². The monoisotopic (exact) mass is 182 g/mol. The van der Waals surface area contributed by atoms with Crippen molar-refractivity contribution in [3.63, 3.8) is 0 Å². The molecule has 13 heavy (non-hydrogen) atoms. The van der Waals surface area contributed by atoms with E-state index in [-0.39, 0.29) is 5.92 Å². The van der Waals surface area contributed by atoms with Crippen LogP contribution in [0.1, 0.15) is 44.9 Å². The average molecular weight is 182 g/mol. The van der Waals surface area contributed by atoms with Gasteiger partial charge in [0.1, 0.15) is 0 Å². The molecular formula is C11H18O2. The fourth-order valence-corrected chi connectivity index (χ4v) is 2.60. The number of hydrogen-bond donors (Lipinski definition) is 1. The first-order chi connectivity index (χ1) is 6.27. The molecular weight excluding hydrogens is 164 g/mol. The van der Waals surface area contributed by atoms with Gasteiger partial charge < -0.3 is 5.11 Å². The molecule has 2 aliphatic rings. The average Bonchev–Trinajstić information content (AvgIpc) is 2.89. The lowest BCUT2D eigenvalue weighted by Crippen LogP contribution is -2.27. The number of hydrogen-bond acceptors (Lipinski definition) is 1. The van der Waals surface area contributed by atoms with Crippen molar-refractivity contribution >= 4 is 5.97 Å². The van der Waals surface area contributed by atoms with Crippen LogP contribution in [0.15, 0.2) is 0 Å². The van der Waals surface area contributed by atoms with Gasteiger partial charge in [-0.2, -0.15) is 0 Å². The Labute approximate surface area is 79.3 Å². The first-order valence-electron chi connectivity index (χ1n) is 5.50. The van der Waals surface area contributed by atoms with Crippen LogP contribution in [0.5, 0.6) is 0 Å². The Bertz CT molecular complexity index is 196. The predicted molar refractivity (Wildman–Crippen MR) is 50.4 cm³/mol. The molecule has 2 nitrogen and oxygen atoms in total. The van der Waals surface area contributed by atoms with Crippen molar-refractivity contribution in [2.75, 3.05) is 0 Å². The Kier molecular flexibility index (Phi) is 2.56. The van der Waals surface area contributed by atoms with Crippen LogP contribution in [0.25, 0.3) is 0 Å². The Morgan fingerprint density at radius 1 is 1.15 bits per heavy atom. The van der Waals surface area contributed by atoms with Crippen LogP contribution < -0.4 is 0 Å². The molecule has 0 aromatic heterocycles. The Morgan fingerprint density at radius 2 is 1.85 bits per heavy atom. The van der Waals surface area contributed by atoms with Gasteiger partial charge in [0.25, 0.3) is 0 Å². The zero-order valence-corrected chi connectivity index (χ0v) is 8.04. The van der Waals surface area contributed by atoms with E-state index < -0.39 is 5.97 Å². The molecule has 2 aliphatic carbocycles. The molecule has 2 rings (SSSR count). The predicted octanol–water partition coefficient (Wildman–Crippen LogP) is 2.68. The Balaban J connectivity index is 1.90. The van der Waals surface area contributed by atoms with E-state index in [9.17, 15) is 4.79 Å². The van der Waals surface area contributed by atoms with Crippen molar-refractivity contribution in [2.45, 2.75) is 44.9 Å². The Morgan fingerprint density at radius 3 is 2.46 bits per heavy atom. The molecule has 1 N–H and O–H groups in total. The van der Waals surface area contributed by atoms with Gasteiger partial charge >= 0.3 is 5.97 Å². The number of rotatable bonds is 3. The van der Waals surface area contributed by atoms with Gasteiger partial charge in [-0.1, -0.05) is 25.7 Å². The zero-order valence-electron chi connectivity index (χ0n) is 8.04. The maximum atomic E-state index is 11.0. The molecule has 2 unspecified atom stereocenters. The molecule has 2 fully saturated rings. The van der Waals surface area contributed by atoms with Crippen LogP contribution in [0, 0.1) is 17.8 Å². The highest BCUT2D eigenvalue weighted by atomic mass is 16.4. The maximum Gasteiger partial charge on any atom is 0.306 e. The fourth-order valence-electron chi connectivity index (χ4n) is 2.60. The summed E-state index contributed by atoms with van der Waals surface area (Å²) in [7, 11) is 0. The molecule has 0 amide bonds. The highest BCUT2D eigenvalue weighted by Crippen LogP contribution is 2.42. The summed E-state index contributed by atoms with van der Waals surface area (Å²) >= 11 is 0. The summed E-state index contributed by atoms with van der Waals surface area (Å²) in [6.45, 7) is 0. The molecule has 0 bridgehead atoms. The number of carboxylic acids is 1. The third kappa shape index (κ3) is 2.23. The molecule has 2 saturated carbocycles. The normalized spacial score (nSPS) is 34.5. The highest BCUT2D eigenvalue weighted by molar-refractivity contribution is 5.70. The third-order valence-electron chi connectivity index (χ3n) is 3.56. The second-order valence-electron chi connectivity index (χ2n) is 4.67. The van der Waals surface area contributed by atoms with Gasteiger partial charge in [0.05, 0.1) is 5.92 Å². The lowest BCUT2D eigenvalue weighted by Gasteiger charge is -2.28. The molecule has 0 radical (unpaired) electrons. The van der Waals surface area contributed by atoms with Crippen LogP contribution in [0.2, 0.25) is 0 Å². The quantitative estimate of drug-likeness (QED) is 0.728. The minimum Gasteiger partial charge on any atom is -0.481 e. The van der Waals surface area contributed by atoms with Gasteiger partial charge in [-0.15, -0.1) is 0 Å². The van der Waals surface area contributed by atoms with Gasteiger partial charge in [0, 0.05) is 0 Å². The van der Waals surface area contributed by atoms with E-state index in [4.69, 9.17) is 5.11 Å². The minimum absolute atomic E-state index is 0.0191. The van der Waals surface area contributed by atoms with Crippen molar-refractivity contribution in [2.24, 2.45) is 17.8 Å². The number of aliphatic carboxylic acids is 1. The summed E-state index contributed by atoms with van der Waals surface area (Å²) < 4.78 is 0. The van der Waals surface area contributed by atoms with Crippen molar-refractivity contribution in [3.05, 3.63) is 0 Å². The molecule has 2 heteroatoms. The molecule has 0 aromatic rings. The molecule has 0 saturated heterocycles. The van der Waals surface area contributed by atoms with E-state index in [1.165, 1.54) is 25.7 Å². The summed E-state index contributed by atoms with van der Waals surface area (Å²) in [6.07, 6.45) is 8.35. The largest absolute Gasteiger partial charge is 0.481 e. The topological polar surface area (TPSA) is 37.3 Å². The van der Waals surface area contributed by atoms with Crippen LogP contribution >= 0.6 is 0 Å². The summed E-state index contributed by atoms with van der Waals surface area (Å²) in [4.78, 5) is 11.0. The van der Waals surface area contributed by atoms with E-state index in [0.717, 1.165) is 25.2 Å². The summed E-state index contributed by atoms with van der Waals surface area (Å²) in [5.41, 5.74) is 0. The Hall–Kier alpha value is -0.530. The van der Waals surface area contributed by atoms with Gasteiger partial charge in [-0.05, 0) is 31.1 Å². The highest BCUT2D eigenvalue weighted by Gasteiger charge is 2.34.